The molecule has 1 amide bonds. The van der Waals surface area contributed by atoms with Gasteiger partial charge in [0.05, 0.1) is 17.1 Å². The molecule has 8 nitrogen and oxygen atoms in total. The van der Waals surface area contributed by atoms with Crippen molar-refractivity contribution in [2.45, 2.75) is 17.4 Å². The van der Waals surface area contributed by atoms with Crippen molar-refractivity contribution in [2.24, 2.45) is 0 Å². The first-order chi connectivity index (χ1) is 11.5. The number of hydrogen-bond acceptors (Lipinski definition) is 5. The van der Waals surface area contributed by atoms with E-state index in [0.717, 1.165) is 0 Å². The predicted octanol–water partition coefficient (Wildman–Crippen LogP) is 0.683. The van der Waals surface area contributed by atoms with Crippen LogP contribution in [0.4, 0.5) is 0 Å². The van der Waals surface area contributed by atoms with Gasteiger partial charge in [-0.1, -0.05) is 22.9 Å². The van der Waals surface area contributed by atoms with E-state index in [1.807, 2.05) is 0 Å². The number of halogens is 1. The maximum atomic E-state index is 12.1. The van der Waals surface area contributed by atoms with Crippen LogP contribution in [0.15, 0.2) is 41.6 Å². The minimum Gasteiger partial charge on any atom is -0.338 e. The van der Waals surface area contributed by atoms with E-state index in [0.29, 0.717) is 18.1 Å². The van der Waals surface area contributed by atoms with Crippen LogP contribution < -0.4 is 4.72 Å². The van der Waals surface area contributed by atoms with Crippen LogP contribution in [0.5, 0.6) is 0 Å². The molecule has 128 valence electrons. The quantitative estimate of drug-likeness (QED) is 0.807. The zero-order valence-electron chi connectivity index (χ0n) is 12.7. The number of sulfonamides is 1. The summed E-state index contributed by atoms with van der Waals surface area (Å²) >= 11 is 5.79. The molecule has 2 aromatic rings. The van der Waals surface area contributed by atoms with E-state index >= 15 is 0 Å². The Morgan fingerprint density at radius 3 is 2.83 bits per heavy atom. The molecule has 1 aromatic heterocycles. The second-order valence-corrected chi connectivity index (χ2v) is 7.64. The fraction of sp³-hybridized carbons (Fsp3) is 0.357. The SMILES string of the molecule is O=C(CCNS(=O)(=O)c1cccc(Cl)c1)N1CC(n2ccnn2)C1. The number of benzene rings is 1. The standard InChI is InChI=1S/C14H16ClN5O3S/c15-11-2-1-3-13(8-11)24(22,23)17-5-4-14(21)19-9-12(10-19)20-7-6-16-18-20/h1-3,6-8,12,17H,4-5,9-10H2. The van der Waals surface area contributed by atoms with Crippen LogP contribution in [0.2, 0.25) is 5.02 Å². The van der Waals surface area contributed by atoms with Gasteiger partial charge in [0.2, 0.25) is 15.9 Å². The Morgan fingerprint density at radius 2 is 2.17 bits per heavy atom. The fourth-order valence-electron chi connectivity index (χ4n) is 2.41. The summed E-state index contributed by atoms with van der Waals surface area (Å²) in [5.74, 6) is -0.0971. The first-order valence-electron chi connectivity index (χ1n) is 7.34. The molecule has 0 bridgehead atoms. The van der Waals surface area contributed by atoms with Gasteiger partial charge in [0, 0.05) is 37.3 Å². The van der Waals surface area contributed by atoms with Crippen LogP contribution in [0.3, 0.4) is 0 Å². The molecule has 2 heterocycles. The molecule has 1 aliphatic rings. The van der Waals surface area contributed by atoms with Crippen molar-refractivity contribution in [3.63, 3.8) is 0 Å². The third kappa shape index (κ3) is 3.74. The van der Waals surface area contributed by atoms with Gasteiger partial charge in [-0.2, -0.15) is 0 Å². The van der Waals surface area contributed by atoms with Crippen molar-refractivity contribution < 1.29 is 13.2 Å². The van der Waals surface area contributed by atoms with Crippen LogP contribution in [-0.2, 0) is 14.8 Å². The van der Waals surface area contributed by atoms with E-state index in [9.17, 15) is 13.2 Å². The van der Waals surface area contributed by atoms with Gasteiger partial charge in [-0.15, -0.1) is 5.10 Å². The van der Waals surface area contributed by atoms with Crippen LogP contribution >= 0.6 is 11.6 Å². The Kier molecular flexibility index (Phi) is 4.83. The van der Waals surface area contributed by atoms with E-state index in [1.54, 1.807) is 34.1 Å². The summed E-state index contributed by atoms with van der Waals surface area (Å²) in [6, 6.07) is 6.11. The number of aromatic nitrogens is 3. The smallest absolute Gasteiger partial charge is 0.240 e. The van der Waals surface area contributed by atoms with Gasteiger partial charge in [-0.3, -0.25) is 4.79 Å². The van der Waals surface area contributed by atoms with E-state index in [4.69, 9.17) is 11.6 Å². The van der Waals surface area contributed by atoms with Crippen molar-refractivity contribution in [3.8, 4) is 0 Å². The molecule has 0 unspecified atom stereocenters. The zero-order chi connectivity index (χ0) is 17.2. The molecule has 0 atom stereocenters. The summed E-state index contributed by atoms with van der Waals surface area (Å²) in [4.78, 5) is 13.8. The van der Waals surface area contributed by atoms with E-state index in [-0.39, 0.29) is 29.8 Å². The van der Waals surface area contributed by atoms with E-state index in [1.165, 1.54) is 12.1 Å². The number of carbonyl (C=O) groups is 1. The Bertz CT molecular complexity index is 819. The first-order valence-corrected chi connectivity index (χ1v) is 9.20. The summed E-state index contributed by atoms with van der Waals surface area (Å²) < 4.78 is 28.4. The third-order valence-corrected chi connectivity index (χ3v) is 5.46. The van der Waals surface area contributed by atoms with E-state index < -0.39 is 10.0 Å². The molecule has 1 aliphatic heterocycles. The predicted molar refractivity (Wildman–Crippen MR) is 86.9 cm³/mol. The normalized spacial score (nSPS) is 15.3. The van der Waals surface area contributed by atoms with Crippen LogP contribution in [0, 0.1) is 0 Å². The molecule has 3 rings (SSSR count). The minimum atomic E-state index is -3.67. The summed E-state index contributed by atoms with van der Waals surface area (Å²) in [5, 5.41) is 7.96. The van der Waals surface area contributed by atoms with Crippen LogP contribution in [0.25, 0.3) is 0 Å². The molecule has 0 radical (unpaired) electrons. The molecule has 1 aromatic carbocycles. The average Bonchev–Trinajstić information content (AvgIpc) is 2.99. The lowest BCUT2D eigenvalue weighted by Gasteiger charge is -2.38. The number of nitrogens with one attached hydrogen (secondary N) is 1. The Hall–Kier alpha value is -1.97. The molecule has 1 saturated heterocycles. The van der Waals surface area contributed by atoms with Gasteiger partial charge in [0.25, 0.3) is 0 Å². The Morgan fingerprint density at radius 1 is 1.38 bits per heavy atom. The van der Waals surface area contributed by atoms with Gasteiger partial charge in [-0.25, -0.2) is 17.8 Å². The highest BCUT2D eigenvalue weighted by Gasteiger charge is 2.32. The third-order valence-electron chi connectivity index (χ3n) is 3.77. The minimum absolute atomic E-state index is 0.0399. The highest BCUT2D eigenvalue weighted by molar-refractivity contribution is 7.89. The maximum absolute atomic E-state index is 12.1. The fourth-order valence-corrected chi connectivity index (χ4v) is 3.74. The number of hydrogen-bond donors (Lipinski definition) is 1. The maximum Gasteiger partial charge on any atom is 0.240 e. The number of likely N-dealkylation sites (tertiary alicyclic amines) is 1. The van der Waals surface area contributed by atoms with Gasteiger partial charge in [0.15, 0.2) is 0 Å². The van der Waals surface area contributed by atoms with Gasteiger partial charge in [0.1, 0.15) is 0 Å². The topological polar surface area (TPSA) is 97.2 Å². The van der Waals surface area contributed by atoms with Crippen LogP contribution in [0.1, 0.15) is 12.5 Å². The zero-order valence-corrected chi connectivity index (χ0v) is 14.2. The van der Waals surface area contributed by atoms with Crippen LogP contribution in [-0.4, -0.2) is 53.9 Å². The average molecular weight is 370 g/mol. The van der Waals surface area contributed by atoms with Gasteiger partial charge < -0.3 is 4.90 Å². The lowest BCUT2D eigenvalue weighted by molar-refractivity contribution is -0.137. The van der Waals surface area contributed by atoms with Crippen molar-refractivity contribution in [1.82, 2.24) is 24.6 Å². The number of carbonyl (C=O) groups excluding carboxylic acids is 1. The second-order valence-electron chi connectivity index (χ2n) is 5.44. The Balaban J connectivity index is 1.46. The summed E-state index contributed by atoms with van der Waals surface area (Å²) in [6.07, 6.45) is 3.45. The molecule has 0 aliphatic carbocycles. The lowest BCUT2D eigenvalue weighted by Crippen LogP contribution is -2.51. The van der Waals surface area contributed by atoms with Gasteiger partial charge >= 0.3 is 0 Å². The first kappa shape index (κ1) is 16.9. The van der Waals surface area contributed by atoms with Crippen molar-refractivity contribution in [3.05, 3.63) is 41.7 Å². The van der Waals surface area contributed by atoms with Crippen molar-refractivity contribution in [1.29, 1.82) is 0 Å². The number of rotatable bonds is 6. The Labute approximate surface area is 144 Å². The van der Waals surface area contributed by atoms with Gasteiger partial charge in [-0.05, 0) is 18.2 Å². The molecule has 10 heteroatoms. The summed E-state index contributed by atoms with van der Waals surface area (Å²) in [6.45, 7) is 1.16. The number of nitrogens with zero attached hydrogens (tertiary/aromatic N) is 4. The molecule has 0 saturated carbocycles. The lowest BCUT2D eigenvalue weighted by atomic mass is 10.1. The largest absolute Gasteiger partial charge is 0.338 e. The summed E-state index contributed by atoms with van der Waals surface area (Å²) in [5.41, 5.74) is 0. The molecule has 0 spiro atoms. The molecule has 1 N–H and O–H groups in total. The summed E-state index contributed by atoms with van der Waals surface area (Å²) in [7, 11) is -3.67. The molecule has 24 heavy (non-hydrogen) atoms. The molecule has 1 fully saturated rings. The van der Waals surface area contributed by atoms with Crippen molar-refractivity contribution >= 4 is 27.5 Å². The van der Waals surface area contributed by atoms with Crippen molar-refractivity contribution in [2.75, 3.05) is 19.6 Å². The molecular weight excluding hydrogens is 354 g/mol. The highest BCUT2D eigenvalue weighted by atomic mass is 35.5. The second kappa shape index (κ2) is 6.88. The monoisotopic (exact) mass is 369 g/mol. The molecular formula is C14H16ClN5O3S. The highest BCUT2D eigenvalue weighted by Crippen LogP contribution is 2.20. The van der Waals surface area contributed by atoms with E-state index in [2.05, 4.69) is 15.0 Å². The number of amides is 1.